The lowest BCUT2D eigenvalue weighted by atomic mass is 10.0. The predicted octanol–water partition coefficient (Wildman–Crippen LogP) is 3.04. The number of rotatable bonds is 9. The van der Waals surface area contributed by atoms with Crippen LogP contribution in [0.3, 0.4) is 0 Å². The van der Waals surface area contributed by atoms with Crippen molar-refractivity contribution < 1.29 is 30.0 Å². The molecule has 0 aromatic heterocycles. The Labute approximate surface area is 158 Å². The first-order valence-electron chi connectivity index (χ1n) is 8.93. The van der Waals surface area contributed by atoms with Crippen molar-refractivity contribution in [3.63, 3.8) is 0 Å². The van der Waals surface area contributed by atoms with E-state index in [9.17, 15) is 15.0 Å². The number of aliphatic hydroxyl groups is 2. The van der Waals surface area contributed by atoms with Crippen LogP contribution in [0.15, 0.2) is 53.1 Å². The summed E-state index contributed by atoms with van der Waals surface area (Å²) in [6, 6.07) is 4.12. The maximum absolute atomic E-state index is 12.0. The average Bonchev–Trinajstić information content (AvgIpc) is 3.01. The number of phenols is 2. The molecule has 0 aliphatic carbocycles. The topological polar surface area (TPSA) is 107 Å². The van der Waals surface area contributed by atoms with Crippen molar-refractivity contribution >= 4 is 5.97 Å². The van der Waals surface area contributed by atoms with E-state index in [0.717, 1.165) is 18.4 Å². The highest BCUT2D eigenvalue weighted by Crippen LogP contribution is 2.36. The molecule has 4 N–H and O–H groups in total. The zero-order valence-electron chi connectivity index (χ0n) is 15.4. The van der Waals surface area contributed by atoms with Crippen LogP contribution in [0.25, 0.3) is 0 Å². The largest absolute Gasteiger partial charge is 0.508 e. The third-order valence-electron chi connectivity index (χ3n) is 4.45. The summed E-state index contributed by atoms with van der Waals surface area (Å²) in [6.07, 6.45) is 7.64. The molecule has 0 radical (unpaired) electrons. The standard InChI is InChI=1S/C21H26O6/c1-14(4-2-6-15(12-22)13-23)5-3-7-16-10-20(27-21(16)26)18-11-17(24)8-9-19(18)25/h5-6,8-11,20,22-25H,2-4,7,12-13H2,1H3/b14-5+/t20-/m0/s1. The van der Waals surface area contributed by atoms with Gasteiger partial charge in [-0.2, -0.15) is 0 Å². The molecule has 1 atom stereocenters. The summed E-state index contributed by atoms with van der Waals surface area (Å²) < 4.78 is 5.29. The summed E-state index contributed by atoms with van der Waals surface area (Å²) in [5, 5.41) is 37.4. The van der Waals surface area contributed by atoms with Gasteiger partial charge in [0.15, 0.2) is 0 Å². The summed E-state index contributed by atoms with van der Waals surface area (Å²) >= 11 is 0. The summed E-state index contributed by atoms with van der Waals surface area (Å²) in [5.74, 6) is -0.442. The summed E-state index contributed by atoms with van der Waals surface area (Å²) in [5.41, 5.74) is 2.69. The lowest BCUT2D eigenvalue weighted by Gasteiger charge is -2.10. The molecule has 0 unspecified atom stereocenters. The maximum Gasteiger partial charge on any atom is 0.334 e. The first kappa shape index (κ1) is 20.7. The average molecular weight is 374 g/mol. The van der Waals surface area contributed by atoms with Crippen LogP contribution in [0, 0.1) is 0 Å². The van der Waals surface area contributed by atoms with E-state index < -0.39 is 12.1 Å². The third-order valence-corrected chi connectivity index (χ3v) is 4.45. The molecule has 1 aliphatic rings. The molecule has 2 rings (SSSR count). The molecule has 0 amide bonds. The molecule has 1 aromatic carbocycles. The number of aromatic hydroxyl groups is 2. The van der Waals surface area contributed by atoms with Gasteiger partial charge in [-0.15, -0.1) is 0 Å². The van der Waals surface area contributed by atoms with Crippen LogP contribution in [-0.2, 0) is 9.53 Å². The number of aliphatic hydroxyl groups excluding tert-OH is 2. The number of esters is 1. The van der Waals surface area contributed by atoms with Gasteiger partial charge in [-0.1, -0.05) is 17.7 Å². The fourth-order valence-electron chi connectivity index (χ4n) is 2.84. The number of ether oxygens (including phenoxy) is 1. The normalized spacial score (nSPS) is 16.9. The number of carbonyl (C=O) groups is 1. The second-order valence-electron chi connectivity index (χ2n) is 6.57. The second kappa shape index (κ2) is 9.94. The number of cyclic esters (lactones) is 1. The van der Waals surface area contributed by atoms with E-state index in [1.54, 1.807) is 6.08 Å². The van der Waals surface area contributed by atoms with Gasteiger partial charge in [-0.05, 0) is 62.5 Å². The monoisotopic (exact) mass is 374 g/mol. The molecule has 0 fully saturated rings. The molecule has 0 bridgehead atoms. The highest BCUT2D eigenvalue weighted by Gasteiger charge is 2.28. The van der Waals surface area contributed by atoms with Gasteiger partial charge in [0.1, 0.15) is 17.6 Å². The van der Waals surface area contributed by atoms with E-state index in [0.29, 0.717) is 29.6 Å². The van der Waals surface area contributed by atoms with Gasteiger partial charge >= 0.3 is 5.97 Å². The van der Waals surface area contributed by atoms with Crippen molar-refractivity contribution in [2.75, 3.05) is 13.2 Å². The Balaban J connectivity index is 1.90. The van der Waals surface area contributed by atoms with Crippen LogP contribution in [0.2, 0.25) is 0 Å². The van der Waals surface area contributed by atoms with Crippen molar-refractivity contribution in [3.05, 3.63) is 58.7 Å². The third kappa shape index (κ3) is 5.98. The second-order valence-corrected chi connectivity index (χ2v) is 6.57. The van der Waals surface area contributed by atoms with Gasteiger partial charge in [0.05, 0.1) is 13.2 Å². The number of phenolic OH excluding ortho intramolecular Hbond substituents is 2. The molecular weight excluding hydrogens is 348 g/mol. The first-order chi connectivity index (χ1) is 12.9. The number of hydrogen-bond acceptors (Lipinski definition) is 6. The Morgan fingerprint density at radius 1 is 1.15 bits per heavy atom. The summed E-state index contributed by atoms with van der Waals surface area (Å²) in [7, 11) is 0. The maximum atomic E-state index is 12.0. The van der Waals surface area contributed by atoms with Gasteiger partial charge in [0, 0.05) is 11.1 Å². The minimum absolute atomic E-state index is 0.00106. The molecule has 1 aliphatic heterocycles. The van der Waals surface area contributed by atoms with Crippen LogP contribution in [0.1, 0.15) is 44.3 Å². The smallest absolute Gasteiger partial charge is 0.334 e. The highest BCUT2D eigenvalue weighted by atomic mass is 16.5. The Kier molecular flexibility index (Phi) is 7.64. The fraction of sp³-hybridized carbons (Fsp3) is 0.381. The van der Waals surface area contributed by atoms with Crippen LogP contribution in [0.4, 0.5) is 0 Å². The molecule has 0 saturated heterocycles. The number of hydrogen-bond donors (Lipinski definition) is 4. The highest BCUT2D eigenvalue weighted by molar-refractivity contribution is 5.91. The lowest BCUT2D eigenvalue weighted by Crippen LogP contribution is -2.02. The number of allylic oxidation sites excluding steroid dienone is 3. The van der Waals surface area contributed by atoms with Crippen LogP contribution in [-0.4, -0.2) is 39.6 Å². The minimum atomic E-state index is -0.690. The Hall–Kier alpha value is -2.57. The van der Waals surface area contributed by atoms with Crippen molar-refractivity contribution in [2.24, 2.45) is 0 Å². The minimum Gasteiger partial charge on any atom is -0.508 e. The Morgan fingerprint density at radius 2 is 1.89 bits per heavy atom. The number of carbonyl (C=O) groups excluding carboxylic acids is 1. The summed E-state index contributed by atoms with van der Waals surface area (Å²) in [4.78, 5) is 12.0. The molecule has 0 spiro atoms. The fourth-order valence-corrected chi connectivity index (χ4v) is 2.84. The zero-order valence-corrected chi connectivity index (χ0v) is 15.4. The van der Waals surface area contributed by atoms with E-state index in [-0.39, 0.29) is 24.7 Å². The molecule has 1 heterocycles. The molecule has 6 nitrogen and oxygen atoms in total. The van der Waals surface area contributed by atoms with E-state index >= 15 is 0 Å². The van der Waals surface area contributed by atoms with Crippen LogP contribution in [0.5, 0.6) is 11.5 Å². The van der Waals surface area contributed by atoms with Crippen molar-refractivity contribution in [2.45, 2.75) is 38.7 Å². The van der Waals surface area contributed by atoms with Crippen molar-refractivity contribution in [1.29, 1.82) is 0 Å². The molecule has 0 saturated carbocycles. The predicted molar refractivity (Wildman–Crippen MR) is 101 cm³/mol. The van der Waals surface area contributed by atoms with E-state index in [1.807, 2.05) is 13.0 Å². The van der Waals surface area contributed by atoms with Crippen LogP contribution < -0.4 is 0 Å². The van der Waals surface area contributed by atoms with Gasteiger partial charge < -0.3 is 25.2 Å². The van der Waals surface area contributed by atoms with Gasteiger partial charge in [0.25, 0.3) is 0 Å². The van der Waals surface area contributed by atoms with Gasteiger partial charge in [0.2, 0.25) is 0 Å². The van der Waals surface area contributed by atoms with Crippen LogP contribution >= 0.6 is 0 Å². The Morgan fingerprint density at radius 3 is 2.59 bits per heavy atom. The van der Waals surface area contributed by atoms with Gasteiger partial charge in [-0.3, -0.25) is 0 Å². The molecule has 6 heteroatoms. The molecular formula is C21H26O6. The molecule has 146 valence electrons. The molecule has 27 heavy (non-hydrogen) atoms. The van der Waals surface area contributed by atoms with E-state index in [4.69, 9.17) is 14.9 Å². The molecule has 1 aromatic rings. The van der Waals surface area contributed by atoms with E-state index in [1.165, 1.54) is 18.2 Å². The zero-order chi connectivity index (χ0) is 19.8. The SMILES string of the molecule is C/C(=C\CCC1=C[C@@H](c2cc(O)ccc2O)OC1=O)CCC=C(CO)CO. The van der Waals surface area contributed by atoms with E-state index in [2.05, 4.69) is 6.08 Å². The quantitative estimate of drug-likeness (QED) is 0.301. The number of benzene rings is 1. The Bertz CT molecular complexity index is 754. The van der Waals surface area contributed by atoms with Crippen molar-refractivity contribution in [3.8, 4) is 11.5 Å². The van der Waals surface area contributed by atoms with Crippen molar-refractivity contribution in [1.82, 2.24) is 0 Å². The first-order valence-corrected chi connectivity index (χ1v) is 8.93. The van der Waals surface area contributed by atoms with Gasteiger partial charge in [-0.25, -0.2) is 4.79 Å². The lowest BCUT2D eigenvalue weighted by molar-refractivity contribution is -0.140. The summed E-state index contributed by atoms with van der Waals surface area (Å²) in [6.45, 7) is 1.73.